The Labute approximate surface area is 120 Å². The van der Waals surface area contributed by atoms with Gasteiger partial charge in [-0.3, -0.25) is 9.48 Å². The van der Waals surface area contributed by atoms with Crippen LogP contribution in [0.15, 0.2) is 41.1 Å². The van der Waals surface area contributed by atoms with Crippen LogP contribution in [0.5, 0.6) is 0 Å². The maximum atomic E-state index is 11.4. The van der Waals surface area contributed by atoms with Crippen molar-refractivity contribution in [2.45, 2.75) is 18.8 Å². The van der Waals surface area contributed by atoms with E-state index >= 15 is 0 Å². The van der Waals surface area contributed by atoms with Crippen molar-refractivity contribution in [3.05, 3.63) is 52.3 Å². The lowest BCUT2D eigenvalue weighted by molar-refractivity contribution is -0.138. The average molecular weight is 323 g/mol. The maximum absolute atomic E-state index is 11.4. The zero-order chi connectivity index (χ0) is 13.8. The quantitative estimate of drug-likeness (QED) is 0.920. The molecule has 100 valence electrons. The third kappa shape index (κ3) is 3.67. The van der Waals surface area contributed by atoms with Crippen molar-refractivity contribution >= 4 is 21.9 Å². The summed E-state index contributed by atoms with van der Waals surface area (Å²) >= 11 is 3.37. The van der Waals surface area contributed by atoms with Gasteiger partial charge < -0.3 is 5.11 Å². The van der Waals surface area contributed by atoms with Gasteiger partial charge in [0.1, 0.15) is 0 Å². The topological polar surface area (TPSA) is 55.1 Å². The van der Waals surface area contributed by atoms with Crippen molar-refractivity contribution in [1.29, 1.82) is 0 Å². The fourth-order valence-corrected chi connectivity index (χ4v) is 2.48. The molecule has 0 saturated carbocycles. The molecule has 0 fully saturated rings. The molecule has 0 bridgehead atoms. The van der Waals surface area contributed by atoms with Crippen LogP contribution in [0.25, 0.3) is 0 Å². The number of nitrogens with zero attached hydrogens (tertiary/aromatic N) is 2. The fraction of sp³-hybridized carbons (Fsp3) is 0.286. The number of hydrogen-bond donors (Lipinski definition) is 1. The molecule has 1 aromatic heterocycles. The maximum Gasteiger partial charge on any atom is 0.310 e. The Balaban J connectivity index is 2.10. The van der Waals surface area contributed by atoms with Crippen LogP contribution in [0.3, 0.4) is 0 Å². The van der Waals surface area contributed by atoms with Gasteiger partial charge in [-0.2, -0.15) is 5.10 Å². The minimum Gasteiger partial charge on any atom is -0.481 e. The minimum absolute atomic E-state index is 0.488. The zero-order valence-corrected chi connectivity index (χ0v) is 12.2. The van der Waals surface area contributed by atoms with Gasteiger partial charge in [0.05, 0.1) is 12.1 Å². The summed E-state index contributed by atoms with van der Waals surface area (Å²) in [6, 6.07) is 7.47. The Morgan fingerprint density at radius 1 is 1.53 bits per heavy atom. The summed E-state index contributed by atoms with van der Waals surface area (Å²) in [4.78, 5) is 11.4. The molecule has 0 spiro atoms. The highest BCUT2D eigenvalue weighted by Gasteiger charge is 2.20. The van der Waals surface area contributed by atoms with E-state index in [0.717, 1.165) is 15.6 Å². The van der Waals surface area contributed by atoms with Crippen molar-refractivity contribution in [3.63, 3.8) is 0 Å². The molecule has 0 aliphatic carbocycles. The Hall–Kier alpha value is -1.62. The number of halogens is 1. The number of aromatic nitrogens is 2. The van der Waals surface area contributed by atoms with E-state index in [2.05, 4.69) is 21.0 Å². The molecular formula is C14H15BrN2O2. The molecule has 2 aromatic rings. The monoisotopic (exact) mass is 322 g/mol. The molecule has 1 heterocycles. The summed E-state index contributed by atoms with van der Waals surface area (Å²) < 4.78 is 2.63. The number of carbonyl (C=O) groups is 1. The summed E-state index contributed by atoms with van der Waals surface area (Å²) in [6.07, 6.45) is 4.97. The fourth-order valence-electron chi connectivity index (χ4n) is 2.07. The molecule has 5 heteroatoms. The molecule has 0 radical (unpaired) electrons. The number of carboxylic acids is 1. The van der Waals surface area contributed by atoms with Crippen LogP contribution < -0.4 is 0 Å². The van der Waals surface area contributed by atoms with Crippen LogP contribution >= 0.6 is 15.9 Å². The summed E-state index contributed by atoms with van der Waals surface area (Å²) in [6.45, 7) is 0. The molecule has 0 amide bonds. The van der Waals surface area contributed by atoms with Crippen LogP contribution in [0.4, 0.5) is 0 Å². The lowest BCUT2D eigenvalue weighted by Gasteiger charge is -2.12. The molecule has 1 aromatic carbocycles. The minimum atomic E-state index is -0.790. The van der Waals surface area contributed by atoms with Gasteiger partial charge in [0.2, 0.25) is 0 Å². The molecule has 1 unspecified atom stereocenters. The third-order valence-corrected chi connectivity index (χ3v) is 3.52. The second kappa shape index (κ2) is 6.02. The van der Waals surface area contributed by atoms with E-state index in [1.54, 1.807) is 10.9 Å². The number of hydrogen-bond acceptors (Lipinski definition) is 2. The van der Waals surface area contributed by atoms with Gasteiger partial charge in [0, 0.05) is 17.7 Å². The van der Waals surface area contributed by atoms with Gasteiger partial charge in [-0.05, 0) is 36.1 Å². The number of aryl methyl sites for hydroxylation is 2. The predicted molar refractivity (Wildman–Crippen MR) is 76.0 cm³/mol. The second-order valence-electron chi connectivity index (χ2n) is 4.51. The summed E-state index contributed by atoms with van der Waals surface area (Å²) in [5.41, 5.74) is 1.88. The molecule has 0 aliphatic rings. The van der Waals surface area contributed by atoms with Gasteiger partial charge >= 0.3 is 5.97 Å². The first-order valence-corrected chi connectivity index (χ1v) is 6.81. The van der Waals surface area contributed by atoms with Crippen LogP contribution in [0.1, 0.15) is 23.5 Å². The van der Waals surface area contributed by atoms with Crippen molar-refractivity contribution in [2.75, 3.05) is 0 Å². The van der Waals surface area contributed by atoms with E-state index in [4.69, 9.17) is 0 Å². The summed E-state index contributed by atoms with van der Waals surface area (Å²) in [7, 11) is 1.85. The highest BCUT2D eigenvalue weighted by atomic mass is 79.9. The Morgan fingerprint density at radius 2 is 2.32 bits per heavy atom. The van der Waals surface area contributed by atoms with E-state index < -0.39 is 11.9 Å². The first-order chi connectivity index (χ1) is 9.06. The first kappa shape index (κ1) is 13.8. The van der Waals surface area contributed by atoms with E-state index in [9.17, 15) is 9.90 Å². The number of benzene rings is 1. The number of aliphatic carboxylic acids is 1. The molecule has 1 N–H and O–H groups in total. The van der Waals surface area contributed by atoms with Gasteiger partial charge in [0.25, 0.3) is 0 Å². The van der Waals surface area contributed by atoms with E-state index in [0.29, 0.717) is 12.8 Å². The lowest BCUT2D eigenvalue weighted by Crippen LogP contribution is -2.12. The van der Waals surface area contributed by atoms with Crippen molar-refractivity contribution in [3.8, 4) is 0 Å². The number of carboxylic acid groups (broad SMARTS) is 1. The average Bonchev–Trinajstić information content (AvgIpc) is 2.75. The van der Waals surface area contributed by atoms with Gasteiger partial charge in [-0.25, -0.2) is 0 Å². The third-order valence-electron chi connectivity index (χ3n) is 3.03. The van der Waals surface area contributed by atoms with Crippen LogP contribution in [0.2, 0.25) is 0 Å². The van der Waals surface area contributed by atoms with Gasteiger partial charge in [-0.1, -0.05) is 28.1 Å². The van der Waals surface area contributed by atoms with Gasteiger partial charge in [-0.15, -0.1) is 0 Å². The molecule has 0 aliphatic heterocycles. The smallest absolute Gasteiger partial charge is 0.310 e. The Kier molecular flexibility index (Phi) is 4.37. The normalized spacial score (nSPS) is 12.3. The zero-order valence-electron chi connectivity index (χ0n) is 10.6. The van der Waals surface area contributed by atoms with E-state index in [-0.39, 0.29) is 0 Å². The van der Waals surface area contributed by atoms with E-state index in [1.165, 1.54) is 0 Å². The summed E-state index contributed by atoms with van der Waals surface area (Å²) in [5.74, 6) is -1.28. The second-order valence-corrected chi connectivity index (χ2v) is 5.42. The van der Waals surface area contributed by atoms with Crippen molar-refractivity contribution in [2.24, 2.45) is 7.05 Å². The molecular weight excluding hydrogens is 308 g/mol. The SMILES string of the molecule is Cn1cc(CCC(C(=O)O)c2cccc(Br)c2)cn1. The first-order valence-electron chi connectivity index (χ1n) is 6.02. The summed E-state index contributed by atoms with van der Waals surface area (Å²) in [5, 5.41) is 13.5. The predicted octanol–water partition coefficient (Wildman–Crippen LogP) is 2.98. The lowest BCUT2D eigenvalue weighted by atomic mass is 9.93. The molecule has 4 nitrogen and oxygen atoms in total. The van der Waals surface area contributed by atoms with Crippen LogP contribution in [-0.2, 0) is 18.3 Å². The van der Waals surface area contributed by atoms with Crippen molar-refractivity contribution < 1.29 is 9.90 Å². The number of rotatable bonds is 5. The molecule has 19 heavy (non-hydrogen) atoms. The van der Waals surface area contributed by atoms with E-state index in [1.807, 2.05) is 37.5 Å². The van der Waals surface area contributed by atoms with Crippen LogP contribution in [0, 0.1) is 0 Å². The largest absolute Gasteiger partial charge is 0.481 e. The molecule has 0 saturated heterocycles. The molecule has 1 atom stereocenters. The van der Waals surface area contributed by atoms with Crippen molar-refractivity contribution in [1.82, 2.24) is 9.78 Å². The highest BCUT2D eigenvalue weighted by Crippen LogP contribution is 2.24. The van der Waals surface area contributed by atoms with Crippen LogP contribution in [-0.4, -0.2) is 20.9 Å². The van der Waals surface area contributed by atoms with Gasteiger partial charge in [0.15, 0.2) is 0 Å². The Morgan fingerprint density at radius 3 is 2.89 bits per heavy atom. The Bertz CT molecular complexity index is 580. The molecule has 2 rings (SSSR count). The standard InChI is InChI=1S/C14H15BrN2O2/c1-17-9-10(8-16-17)5-6-13(14(18)19)11-3-2-4-12(15)7-11/h2-4,7-9,13H,5-6H2,1H3,(H,18,19). The highest BCUT2D eigenvalue weighted by molar-refractivity contribution is 9.10.